The molecule has 0 bridgehead atoms. The van der Waals surface area contributed by atoms with Gasteiger partial charge in [0.1, 0.15) is 0 Å². The molecule has 0 saturated heterocycles. The highest BCUT2D eigenvalue weighted by Crippen LogP contribution is 2.26. The third-order valence-corrected chi connectivity index (χ3v) is 3.44. The number of benzene rings is 2. The molecule has 2 aromatic heterocycles. The third kappa shape index (κ3) is 1.74. The molecule has 0 aliphatic rings. The normalized spacial score (nSPS) is 11.0. The van der Waals surface area contributed by atoms with Crippen molar-refractivity contribution in [1.29, 1.82) is 0 Å². The van der Waals surface area contributed by atoms with E-state index in [9.17, 15) is 0 Å². The fourth-order valence-corrected chi connectivity index (χ4v) is 2.46. The summed E-state index contributed by atoms with van der Waals surface area (Å²) < 4.78 is 0. The van der Waals surface area contributed by atoms with Crippen LogP contribution in [0, 0.1) is 6.07 Å². The lowest BCUT2D eigenvalue weighted by molar-refractivity contribution is 1.37. The second-order valence-corrected chi connectivity index (χ2v) is 4.71. The van der Waals surface area contributed by atoms with Crippen LogP contribution < -0.4 is 0 Å². The molecule has 0 aliphatic carbocycles. The summed E-state index contributed by atoms with van der Waals surface area (Å²) in [4.78, 5) is 9.04. The van der Waals surface area contributed by atoms with E-state index in [1.54, 1.807) is 0 Å². The number of rotatable bonds is 1. The first kappa shape index (κ1) is 11.1. The van der Waals surface area contributed by atoms with E-state index < -0.39 is 0 Å². The summed E-state index contributed by atoms with van der Waals surface area (Å²) in [6.07, 6.45) is 3.70. The minimum atomic E-state index is 0.947. The minimum absolute atomic E-state index is 0.947. The molecular weight excluding hydrogens is 244 g/mol. The third-order valence-electron chi connectivity index (χ3n) is 3.44. The maximum atomic E-state index is 4.60. The highest BCUT2D eigenvalue weighted by atomic mass is 14.7. The number of aromatic nitrogens is 2. The molecule has 4 aromatic rings. The van der Waals surface area contributed by atoms with Crippen molar-refractivity contribution in [2.24, 2.45) is 0 Å². The molecular formula is C18H11N2. The van der Waals surface area contributed by atoms with Gasteiger partial charge in [-0.3, -0.25) is 9.97 Å². The predicted octanol–water partition coefficient (Wildman–Crippen LogP) is 4.25. The molecule has 20 heavy (non-hydrogen) atoms. The Morgan fingerprint density at radius 1 is 0.800 bits per heavy atom. The van der Waals surface area contributed by atoms with E-state index in [-0.39, 0.29) is 0 Å². The van der Waals surface area contributed by atoms with Crippen molar-refractivity contribution < 1.29 is 0 Å². The van der Waals surface area contributed by atoms with Crippen molar-refractivity contribution in [2.45, 2.75) is 0 Å². The Morgan fingerprint density at radius 3 is 2.60 bits per heavy atom. The zero-order chi connectivity index (χ0) is 13.4. The van der Waals surface area contributed by atoms with E-state index in [2.05, 4.69) is 40.3 Å². The van der Waals surface area contributed by atoms with Gasteiger partial charge in [0.15, 0.2) is 0 Å². The Morgan fingerprint density at radius 2 is 1.70 bits per heavy atom. The van der Waals surface area contributed by atoms with Crippen LogP contribution >= 0.6 is 0 Å². The molecule has 2 aromatic carbocycles. The predicted molar refractivity (Wildman–Crippen MR) is 81.3 cm³/mol. The van der Waals surface area contributed by atoms with Gasteiger partial charge in [-0.15, -0.1) is 0 Å². The maximum Gasteiger partial charge on any atom is 0.0964 e. The largest absolute Gasteiger partial charge is 0.254 e. The molecule has 1 radical (unpaired) electrons. The van der Waals surface area contributed by atoms with Gasteiger partial charge < -0.3 is 0 Å². The number of hydrogen-bond donors (Lipinski definition) is 0. The molecule has 0 amide bonds. The number of fused-ring (bicyclic) bond motifs is 3. The second-order valence-electron chi connectivity index (χ2n) is 4.71. The number of hydrogen-bond acceptors (Lipinski definition) is 2. The quantitative estimate of drug-likeness (QED) is 0.475. The van der Waals surface area contributed by atoms with Crippen LogP contribution in [-0.2, 0) is 0 Å². The first-order valence-electron chi connectivity index (χ1n) is 6.52. The van der Waals surface area contributed by atoms with Gasteiger partial charge in [0, 0.05) is 28.7 Å². The van der Waals surface area contributed by atoms with Gasteiger partial charge in [-0.2, -0.15) is 0 Å². The first-order valence-corrected chi connectivity index (χ1v) is 6.52. The minimum Gasteiger partial charge on any atom is -0.254 e. The molecule has 0 atom stereocenters. The fraction of sp³-hybridized carbons (Fsp3) is 0. The standard InChI is InChI=1S/C18H11N2/c1-2-5-13(6-3-1)16-11-15-9-8-14-7-4-10-19-17(14)18(15)20-12-16/h1-5,7-12H. The summed E-state index contributed by atoms with van der Waals surface area (Å²) in [5.41, 5.74) is 4.03. The van der Waals surface area contributed by atoms with Crippen LogP contribution in [-0.4, -0.2) is 9.97 Å². The zero-order valence-electron chi connectivity index (χ0n) is 10.7. The van der Waals surface area contributed by atoms with Crippen LogP contribution in [0.15, 0.2) is 67.0 Å². The molecule has 93 valence electrons. The van der Waals surface area contributed by atoms with Crippen molar-refractivity contribution in [3.05, 3.63) is 73.1 Å². The van der Waals surface area contributed by atoms with Gasteiger partial charge in [0.05, 0.1) is 11.0 Å². The molecule has 4 rings (SSSR count). The zero-order valence-corrected chi connectivity index (χ0v) is 10.7. The van der Waals surface area contributed by atoms with Crippen LogP contribution in [0.3, 0.4) is 0 Å². The van der Waals surface area contributed by atoms with Crippen LogP contribution in [0.4, 0.5) is 0 Å². The second kappa shape index (κ2) is 4.42. The van der Waals surface area contributed by atoms with E-state index in [4.69, 9.17) is 0 Å². The monoisotopic (exact) mass is 255 g/mol. The smallest absolute Gasteiger partial charge is 0.0964 e. The van der Waals surface area contributed by atoms with E-state index in [0.29, 0.717) is 0 Å². The van der Waals surface area contributed by atoms with E-state index in [1.807, 2.05) is 42.7 Å². The first-order chi connectivity index (χ1) is 9.92. The van der Waals surface area contributed by atoms with E-state index in [0.717, 1.165) is 32.9 Å². The van der Waals surface area contributed by atoms with Crippen molar-refractivity contribution in [3.63, 3.8) is 0 Å². The van der Waals surface area contributed by atoms with Crippen LogP contribution in [0.5, 0.6) is 0 Å². The molecule has 0 aliphatic heterocycles. The summed E-state index contributed by atoms with van der Waals surface area (Å²) in [7, 11) is 0. The summed E-state index contributed by atoms with van der Waals surface area (Å²) in [5, 5.41) is 2.22. The highest BCUT2D eigenvalue weighted by molar-refractivity contribution is 6.03. The molecule has 0 spiro atoms. The highest BCUT2D eigenvalue weighted by Gasteiger charge is 2.05. The number of nitrogens with zero attached hydrogens (tertiary/aromatic N) is 2. The molecule has 0 N–H and O–H groups in total. The van der Waals surface area contributed by atoms with Gasteiger partial charge in [-0.05, 0) is 23.8 Å². The Bertz CT molecular complexity index is 899. The van der Waals surface area contributed by atoms with Crippen LogP contribution in [0.1, 0.15) is 0 Å². The fourth-order valence-electron chi connectivity index (χ4n) is 2.46. The SMILES string of the molecule is [c]1ccccc1-c1cnc2c(ccc3cccnc32)c1. The summed E-state index contributed by atoms with van der Waals surface area (Å²) in [6, 6.07) is 21.5. The van der Waals surface area contributed by atoms with Gasteiger partial charge in [0.2, 0.25) is 0 Å². The lowest BCUT2D eigenvalue weighted by Crippen LogP contribution is -1.86. The Hall–Kier alpha value is -2.74. The van der Waals surface area contributed by atoms with Crippen molar-refractivity contribution in [3.8, 4) is 11.1 Å². The lowest BCUT2D eigenvalue weighted by Gasteiger charge is -2.05. The Labute approximate surface area is 116 Å². The van der Waals surface area contributed by atoms with Crippen molar-refractivity contribution >= 4 is 21.8 Å². The van der Waals surface area contributed by atoms with Crippen LogP contribution in [0.25, 0.3) is 32.9 Å². The van der Waals surface area contributed by atoms with Crippen LogP contribution in [0.2, 0.25) is 0 Å². The average Bonchev–Trinajstić information content (AvgIpc) is 2.55. The number of pyridine rings is 2. The summed E-state index contributed by atoms with van der Waals surface area (Å²) in [6.45, 7) is 0. The molecule has 0 fully saturated rings. The molecule has 2 heteroatoms. The Balaban J connectivity index is 1.99. The van der Waals surface area contributed by atoms with Gasteiger partial charge in [0.25, 0.3) is 0 Å². The van der Waals surface area contributed by atoms with Gasteiger partial charge >= 0.3 is 0 Å². The van der Waals surface area contributed by atoms with Gasteiger partial charge in [-0.25, -0.2) is 0 Å². The molecule has 2 heterocycles. The van der Waals surface area contributed by atoms with E-state index in [1.165, 1.54) is 0 Å². The van der Waals surface area contributed by atoms with Gasteiger partial charge in [-0.1, -0.05) is 42.5 Å². The summed E-state index contributed by atoms with van der Waals surface area (Å²) in [5.74, 6) is 0. The topological polar surface area (TPSA) is 25.8 Å². The maximum absolute atomic E-state index is 4.60. The molecule has 0 saturated carbocycles. The molecule has 0 unspecified atom stereocenters. The van der Waals surface area contributed by atoms with Crippen molar-refractivity contribution in [1.82, 2.24) is 9.97 Å². The molecule has 2 nitrogen and oxygen atoms in total. The van der Waals surface area contributed by atoms with Crippen molar-refractivity contribution in [2.75, 3.05) is 0 Å². The Kier molecular flexibility index (Phi) is 2.46. The summed E-state index contributed by atoms with van der Waals surface area (Å²) >= 11 is 0. The lowest BCUT2D eigenvalue weighted by atomic mass is 10.0. The van der Waals surface area contributed by atoms with E-state index >= 15 is 0 Å². The average molecular weight is 255 g/mol.